The quantitative estimate of drug-likeness (QED) is 0.369. The minimum absolute atomic E-state index is 0.401. The predicted octanol–water partition coefficient (Wildman–Crippen LogP) is 10.8. The summed E-state index contributed by atoms with van der Waals surface area (Å²) >= 11 is 0. The third-order valence-corrected chi connectivity index (χ3v) is 6.45. The van der Waals surface area contributed by atoms with Crippen molar-refractivity contribution in [2.45, 2.75) is 119 Å². The van der Waals surface area contributed by atoms with Gasteiger partial charge in [0.15, 0.2) is 0 Å². The van der Waals surface area contributed by atoms with Gasteiger partial charge in [0.25, 0.3) is 0 Å². The second kappa shape index (κ2) is 10.8. The Hall–Kier alpha value is -1.96. The number of benzene rings is 2. The lowest BCUT2D eigenvalue weighted by Gasteiger charge is -2.21. The van der Waals surface area contributed by atoms with Crippen LogP contribution in [0.2, 0.25) is 0 Å². The van der Waals surface area contributed by atoms with Crippen molar-refractivity contribution in [3.63, 3.8) is 0 Å². The number of rotatable bonds is 8. The van der Waals surface area contributed by atoms with Crippen LogP contribution in [0.25, 0.3) is 0 Å². The fourth-order valence-corrected chi connectivity index (χ4v) is 4.17. The summed E-state index contributed by atoms with van der Waals surface area (Å²) in [5, 5.41) is 10.0. The molecule has 2 nitrogen and oxygen atoms in total. The first kappa shape index (κ1) is 26.3. The Morgan fingerprint density at radius 3 is 0.750 bits per heavy atom. The largest absolute Gasteiger partial charge is 0.150 e. The fraction of sp³-hybridized carbons (Fsp3) is 0.600. The molecule has 0 N–H and O–H groups in total. The zero-order chi connectivity index (χ0) is 24.3. The molecule has 2 heteroatoms. The SMILES string of the molecule is CC(C)c1cc(C(C)C)c(N=Nc2c(C(C)C)cc(C(C)C)cc2C(C)C)c(C(C)C)c1. The van der Waals surface area contributed by atoms with Gasteiger partial charge in [0.2, 0.25) is 0 Å². The molecule has 0 aromatic heterocycles. The van der Waals surface area contributed by atoms with Gasteiger partial charge < -0.3 is 0 Å². The molecule has 0 fully saturated rings. The van der Waals surface area contributed by atoms with Crippen LogP contribution in [0.5, 0.6) is 0 Å². The molecule has 0 aliphatic carbocycles. The van der Waals surface area contributed by atoms with Crippen LogP contribution < -0.4 is 0 Å². The van der Waals surface area contributed by atoms with Crippen LogP contribution in [0.1, 0.15) is 152 Å². The van der Waals surface area contributed by atoms with E-state index in [4.69, 9.17) is 10.2 Å². The average molecular weight is 435 g/mol. The Morgan fingerprint density at radius 1 is 0.375 bits per heavy atom. The number of nitrogens with zero attached hydrogens (tertiary/aromatic N) is 2. The van der Waals surface area contributed by atoms with Crippen LogP contribution in [0, 0.1) is 0 Å². The predicted molar refractivity (Wildman–Crippen MR) is 142 cm³/mol. The summed E-state index contributed by atoms with van der Waals surface area (Å²) < 4.78 is 0. The summed E-state index contributed by atoms with van der Waals surface area (Å²) in [6.45, 7) is 27.2. The maximum absolute atomic E-state index is 5.00. The molecule has 32 heavy (non-hydrogen) atoms. The van der Waals surface area contributed by atoms with Crippen LogP contribution in [0.3, 0.4) is 0 Å². The minimum atomic E-state index is 0.401. The second-order valence-corrected chi connectivity index (χ2v) is 11.2. The van der Waals surface area contributed by atoms with E-state index in [-0.39, 0.29) is 0 Å². The van der Waals surface area contributed by atoms with Gasteiger partial charge in [0.1, 0.15) is 0 Å². The van der Waals surface area contributed by atoms with Crippen LogP contribution in [0.4, 0.5) is 11.4 Å². The summed E-state index contributed by atoms with van der Waals surface area (Å²) in [4.78, 5) is 0. The lowest BCUT2D eigenvalue weighted by atomic mass is 9.87. The Morgan fingerprint density at radius 2 is 0.594 bits per heavy atom. The molecule has 0 saturated heterocycles. The summed E-state index contributed by atoms with van der Waals surface area (Å²) in [7, 11) is 0. The zero-order valence-electron chi connectivity index (χ0n) is 22.7. The molecular weight excluding hydrogens is 388 g/mol. The number of azo groups is 1. The monoisotopic (exact) mass is 434 g/mol. The first-order chi connectivity index (χ1) is 14.8. The Labute approximate surface area is 198 Å². The van der Waals surface area contributed by atoms with Crippen molar-refractivity contribution in [2.24, 2.45) is 10.2 Å². The van der Waals surface area contributed by atoms with Crippen molar-refractivity contribution in [3.8, 4) is 0 Å². The van der Waals surface area contributed by atoms with Crippen molar-refractivity contribution in [3.05, 3.63) is 57.6 Å². The Kier molecular flexibility index (Phi) is 8.85. The third kappa shape index (κ3) is 5.88. The lowest BCUT2D eigenvalue weighted by Crippen LogP contribution is -2.01. The van der Waals surface area contributed by atoms with E-state index in [1.165, 1.54) is 33.4 Å². The van der Waals surface area contributed by atoms with E-state index in [0.29, 0.717) is 35.5 Å². The van der Waals surface area contributed by atoms with Gasteiger partial charge in [-0.2, -0.15) is 0 Å². The van der Waals surface area contributed by atoms with Crippen LogP contribution in [-0.4, -0.2) is 0 Å². The Bertz CT molecular complexity index is 808. The van der Waals surface area contributed by atoms with Crippen LogP contribution >= 0.6 is 0 Å². The molecule has 0 saturated carbocycles. The summed E-state index contributed by atoms with van der Waals surface area (Å²) in [5.41, 5.74) is 10.1. The molecule has 0 aliphatic heterocycles. The van der Waals surface area contributed by atoms with Gasteiger partial charge in [-0.3, -0.25) is 0 Å². The van der Waals surface area contributed by atoms with Gasteiger partial charge in [-0.05, 0) is 68.9 Å². The maximum atomic E-state index is 5.00. The highest BCUT2D eigenvalue weighted by molar-refractivity contribution is 5.61. The molecule has 0 amide bonds. The van der Waals surface area contributed by atoms with Gasteiger partial charge in [-0.1, -0.05) is 107 Å². The first-order valence-corrected chi connectivity index (χ1v) is 12.6. The van der Waals surface area contributed by atoms with E-state index in [2.05, 4.69) is 107 Å². The highest BCUT2D eigenvalue weighted by Gasteiger charge is 2.20. The molecular formula is C30H46N2. The third-order valence-electron chi connectivity index (χ3n) is 6.45. The van der Waals surface area contributed by atoms with Crippen molar-refractivity contribution in [1.29, 1.82) is 0 Å². The van der Waals surface area contributed by atoms with E-state index in [0.717, 1.165) is 11.4 Å². The number of hydrogen-bond donors (Lipinski definition) is 0. The van der Waals surface area contributed by atoms with Crippen molar-refractivity contribution in [1.82, 2.24) is 0 Å². The molecule has 2 aromatic carbocycles. The molecule has 0 bridgehead atoms. The fourth-order valence-electron chi connectivity index (χ4n) is 4.17. The molecule has 2 aromatic rings. The van der Waals surface area contributed by atoms with E-state index < -0.39 is 0 Å². The van der Waals surface area contributed by atoms with E-state index in [9.17, 15) is 0 Å². The van der Waals surface area contributed by atoms with Gasteiger partial charge in [0.05, 0.1) is 11.4 Å². The van der Waals surface area contributed by atoms with Crippen LogP contribution in [-0.2, 0) is 0 Å². The summed E-state index contributed by atoms with van der Waals surface area (Å²) in [6.07, 6.45) is 0. The van der Waals surface area contributed by atoms with Crippen molar-refractivity contribution in [2.75, 3.05) is 0 Å². The topological polar surface area (TPSA) is 24.7 Å². The molecule has 2 rings (SSSR count). The molecule has 0 heterocycles. The van der Waals surface area contributed by atoms with Crippen molar-refractivity contribution >= 4 is 11.4 Å². The van der Waals surface area contributed by atoms with E-state index in [1.807, 2.05) is 0 Å². The van der Waals surface area contributed by atoms with E-state index in [1.54, 1.807) is 0 Å². The normalized spacial score (nSPS) is 12.7. The van der Waals surface area contributed by atoms with Crippen molar-refractivity contribution < 1.29 is 0 Å². The average Bonchev–Trinajstić information content (AvgIpc) is 2.70. The maximum Gasteiger partial charge on any atom is 0.0926 e. The minimum Gasteiger partial charge on any atom is -0.150 e. The number of hydrogen-bond acceptors (Lipinski definition) is 2. The second-order valence-electron chi connectivity index (χ2n) is 11.2. The standard InChI is InChI=1S/C30H46N2/c1-17(2)23-13-25(19(5)6)29(26(14-23)20(7)8)31-32-30-27(21(9)10)15-24(18(3)4)16-28(30)22(11)12/h13-22H,1-12H3. The highest BCUT2D eigenvalue weighted by atomic mass is 15.1. The smallest absolute Gasteiger partial charge is 0.0926 e. The Balaban J connectivity index is 2.79. The zero-order valence-corrected chi connectivity index (χ0v) is 22.7. The van der Waals surface area contributed by atoms with Gasteiger partial charge in [0, 0.05) is 0 Å². The summed E-state index contributed by atoms with van der Waals surface area (Å²) in [6, 6.07) is 9.41. The van der Waals surface area contributed by atoms with Gasteiger partial charge in [-0.15, -0.1) is 10.2 Å². The molecule has 0 unspecified atom stereocenters. The molecule has 0 radical (unpaired) electrons. The molecule has 0 spiro atoms. The lowest BCUT2D eigenvalue weighted by molar-refractivity contribution is 0.794. The van der Waals surface area contributed by atoms with Gasteiger partial charge >= 0.3 is 0 Å². The molecule has 176 valence electrons. The highest BCUT2D eigenvalue weighted by Crippen LogP contribution is 2.42. The van der Waals surface area contributed by atoms with Gasteiger partial charge in [-0.25, -0.2) is 0 Å². The van der Waals surface area contributed by atoms with E-state index >= 15 is 0 Å². The molecule has 0 aliphatic rings. The molecule has 0 atom stereocenters. The van der Waals surface area contributed by atoms with Crippen LogP contribution in [0.15, 0.2) is 34.5 Å². The summed E-state index contributed by atoms with van der Waals surface area (Å²) in [5.74, 6) is 2.60. The first-order valence-electron chi connectivity index (χ1n) is 12.6.